The van der Waals surface area contributed by atoms with Gasteiger partial charge >= 0.3 is 12.1 Å². The number of ether oxygens (including phenoxy) is 2. The predicted octanol–water partition coefficient (Wildman–Crippen LogP) is 3.38. The highest BCUT2D eigenvalue weighted by molar-refractivity contribution is 14.1. The molecule has 2 aromatic rings. The van der Waals surface area contributed by atoms with Crippen LogP contribution in [0.1, 0.15) is 26.3 Å². The fourth-order valence-electron chi connectivity index (χ4n) is 2.35. The van der Waals surface area contributed by atoms with E-state index in [0.717, 1.165) is 20.0 Å². The van der Waals surface area contributed by atoms with Gasteiger partial charge in [-0.25, -0.2) is 9.59 Å². The van der Waals surface area contributed by atoms with Gasteiger partial charge < -0.3 is 19.8 Å². The van der Waals surface area contributed by atoms with Crippen molar-refractivity contribution in [1.82, 2.24) is 10.3 Å². The van der Waals surface area contributed by atoms with Crippen LogP contribution < -0.4 is 5.32 Å². The first-order valence-corrected chi connectivity index (χ1v) is 8.61. The Balaban J connectivity index is 2.21. The number of alkyl carbamates (subject to hydrolysis) is 1. The molecule has 0 aliphatic carbocycles. The number of H-pyrrole nitrogens is 1. The first kappa shape index (κ1) is 18.6. The van der Waals surface area contributed by atoms with Crippen molar-refractivity contribution in [3.8, 4) is 0 Å². The van der Waals surface area contributed by atoms with Crippen molar-refractivity contribution in [2.45, 2.75) is 38.8 Å². The van der Waals surface area contributed by atoms with E-state index in [9.17, 15) is 9.59 Å². The molecule has 0 bridgehead atoms. The van der Waals surface area contributed by atoms with Crippen molar-refractivity contribution in [3.63, 3.8) is 0 Å². The maximum Gasteiger partial charge on any atom is 0.408 e. The van der Waals surface area contributed by atoms with Crippen LogP contribution in [-0.2, 0) is 20.7 Å². The summed E-state index contributed by atoms with van der Waals surface area (Å²) in [6, 6.07) is 5.11. The molecule has 6 nitrogen and oxygen atoms in total. The van der Waals surface area contributed by atoms with Crippen LogP contribution >= 0.6 is 22.6 Å². The fourth-order valence-corrected chi connectivity index (χ4v) is 3.00. The lowest BCUT2D eigenvalue weighted by atomic mass is 10.1. The van der Waals surface area contributed by atoms with E-state index >= 15 is 0 Å². The summed E-state index contributed by atoms with van der Waals surface area (Å²) in [5.41, 5.74) is 1.30. The van der Waals surface area contributed by atoms with Gasteiger partial charge in [0.2, 0.25) is 0 Å². The van der Waals surface area contributed by atoms with Crippen LogP contribution in [0.25, 0.3) is 10.9 Å². The zero-order chi connectivity index (χ0) is 17.9. The molecule has 1 aromatic heterocycles. The number of para-hydroxylation sites is 1. The standard InChI is InChI=1S/C17H21IN2O4/c1-17(2,3)24-16(22)20-13(15(21)23-4)8-10-9-19-14-11(10)6-5-7-12(14)18/h5-7,9,13,19H,8H2,1-4H3,(H,20,22)/t13-/m0/s1. The maximum atomic E-state index is 12.0. The van der Waals surface area contributed by atoms with Crippen molar-refractivity contribution in [3.05, 3.63) is 33.5 Å². The van der Waals surface area contributed by atoms with Crippen LogP contribution in [0.5, 0.6) is 0 Å². The molecule has 1 aromatic carbocycles. The number of fused-ring (bicyclic) bond motifs is 1. The molecular formula is C17H21IN2O4. The lowest BCUT2D eigenvalue weighted by Crippen LogP contribution is -2.45. The minimum absolute atomic E-state index is 0.312. The quantitative estimate of drug-likeness (QED) is 0.560. The van der Waals surface area contributed by atoms with Gasteiger partial charge in [0.05, 0.1) is 12.6 Å². The smallest absolute Gasteiger partial charge is 0.408 e. The minimum Gasteiger partial charge on any atom is -0.467 e. The van der Waals surface area contributed by atoms with Crippen molar-refractivity contribution in [2.24, 2.45) is 0 Å². The molecule has 0 unspecified atom stereocenters. The third kappa shape index (κ3) is 4.62. The number of hydrogen-bond donors (Lipinski definition) is 2. The van der Waals surface area contributed by atoms with E-state index in [-0.39, 0.29) is 0 Å². The molecule has 2 rings (SSSR count). The van der Waals surface area contributed by atoms with E-state index in [4.69, 9.17) is 9.47 Å². The number of rotatable bonds is 4. The van der Waals surface area contributed by atoms with Crippen molar-refractivity contribution >= 4 is 45.6 Å². The summed E-state index contributed by atoms with van der Waals surface area (Å²) in [6.45, 7) is 5.30. The highest BCUT2D eigenvalue weighted by Gasteiger charge is 2.26. The highest BCUT2D eigenvalue weighted by atomic mass is 127. The number of carbonyl (C=O) groups excluding carboxylic acids is 2. The lowest BCUT2D eigenvalue weighted by molar-refractivity contribution is -0.143. The van der Waals surface area contributed by atoms with Crippen LogP contribution in [-0.4, -0.2) is 35.8 Å². The number of aromatic amines is 1. The number of carbonyl (C=O) groups is 2. The van der Waals surface area contributed by atoms with Gasteiger partial charge in [0.15, 0.2) is 0 Å². The van der Waals surface area contributed by atoms with Crippen LogP contribution in [0, 0.1) is 3.57 Å². The molecule has 0 saturated carbocycles. The first-order chi connectivity index (χ1) is 11.2. The summed E-state index contributed by atoms with van der Waals surface area (Å²) >= 11 is 2.25. The highest BCUT2D eigenvalue weighted by Crippen LogP contribution is 2.24. The summed E-state index contributed by atoms with van der Waals surface area (Å²) in [5, 5.41) is 3.61. The second-order valence-electron chi connectivity index (χ2n) is 6.40. The van der Waals surface area contributed by atoms with Gasteiger partial charge in [0, 0.05) is 21.6 Å². The van der Waals surface area contributed by atoms with Crippen LogP contribution in [0.3, 0.4) is 0 Å². The number of methoxy groups -OCH3 is 1. The Morgan fingerprint density at radius 3 is 2.67 bits per heavy atom. The van der Waals surface area contributed by atoms with Gasteiger partial charge in [-0.3, -0.25) is 0 Å². The third-order valence-electron chi connectivity index (χ3n) is 3.35. The number of hydrogen-bond acceptors (Lipinski definition) is 4. The molecule has 0 aliphatic rings. The van der Waals surface area contributed by atoms with E-state index in [0.29, 0.717) is 6.42 Å². The molecule has 7 heteroatoms. The lowest BCUT2D eigenvalue weighted by Gasteiger charge is -2.22. The Morgan fingerprint density at radius 2 is 2.04 bits per heavy atom. The van der Waals surface area contributed by atoms with E-state index in [1.165, 1.54) is 7.11 Å². The van der Waals surface area contributed by atoms with Gasteiger partial charge in [-0.05, 0) is 55.0 Å². The fraction of sp³-hybridized carbons (Fsp3) is 0.412. The molecule has 0 fully saturated rings. The summed E-state index contributed by atoms with van der Waals surface area (Å²) in [4.78, 5) is 27.2. The molecule has 24 heavy (non-hydrogen) atoms. The number of benzene rings is 1. The Hall–Kier alpha value is -1.77. The second-order valence-corrected chi connectivity index (χ2v) is 7.56. The maximum absolute atomic E-state index is 12.0. The monoisotopic (exact) mass is 444 g/mol. The second kappa shape index (κ2) is 7.42. The number of esters is 1. The predicted molar refractivity (Wildman–Crippen MR) is 99.9 cm³/mol. The zero-order valence-electron chi connectivity index (χ0n) is 14.1. The van der Waals surface area contributed by atoms with Gasteiger partial charge in [-0.15, -0.1) is 0 Å². The van der Waals surface area contributed by atoms with E-state index < -0.39 is 23.7 Å². The largest absolute Gasteiger partial charge is 0.467 e. The van der Waals surface area contributed by atoms with E-state index in [1.54, 1.807) is 20.8 Å². The average Bonchev–Trinajstić information content (AvgIpc) is 2.88. The molecule has 1 atom stereocenters. The van der Waals surface area contributed by atoms with Gasteiger partial charge in [-0.1, -0.05) is 12.1 Å². The Bertz CT molecular complexity index is 749. The van der Waals surface area contributed by atoms with E-state index in [2.05, 4.69) is 32.9 Å². The number of amides is 1. The third-order valence-corrected chi connectivity index (χ3v) is 4.25. The summed E-state index contributed by atoms with van der Waals surface area (Å²) in [6.07, 6.45) is 1.51. The zero-order valence-corrected chi connectivity index (χ0v) is 16.3. The molecule has 1 amide bonds. The van der Waals surface area contributed by atoms with Gasteiger partial charge in [-0.2, -0.15) is 0 Å². The molecular weight excluding hydrogens is 423 g/mol. The normalized spacial score (nSPS) is 12.7. The molecule has 0 saturated heterocycles. The van der Waals surface area contributed by atoms with Crippen LogP contribution in [0.2, 0.25) is 0 Å². The molecule has 0 aliphatic heterocycles. The SMILES string of the molecule is COC(=O)[C@H](Cc1c[nH]c2c(I)cccc12)NC(=O)OC(C)(C)C. The molecule has 0 radical (unpaired) electrons. The van der Waals surface area contributed by atoms with Crippen molar-refractivity contribution in [2.75, 3.05) is 7.11 Å². The van der Waals surface area contributed by atoms with Gasteiger partial charge in [0.1, 0.15) is 11.6 Å². The topological polar surface area (TPSA) is 80.4 Å². The Kier molecular flexibility index (Phi) is 5.74. The Labute approximate surface area is 154 Å². The number of halogens is 1. The molecule has 1 heterocycles. The average molecular weight is 444 g/mol. The number of aromatic nitrogens is 1. The number of nitrogens with one attached hydrogen (secondary N) is 2. The first-order valence-electron chi connectivity index (χ1n) is 7.53. The summed E-state index contributed by atoms with van der Waals surface area (Å²) in [7, 11) is 1.30. The molecule has 2 N–H and O–H groups in total. The summed E-state index contributed by atoms with van der Waals surface area (Å²) < 4.78 is 11.1. The summed E-state index contributed by atoms with van der Waals surface area (Å²) in [5.74, 6) is -0.513. The van der Waals surface area contributed by atoms with Crippen molar-refractivity contribution in [1.29, 1.82) is 0 Å². The van der Waals surface area contributed by atoms with E-state index in [1.807, 2.05) is 24.4 Å². The van der Waals surface area contributed by atoms with Crippen LogP contribution in [0.15, 0.2) is 24.4 Å². The Morgan fingerprint density at radius 1 is 1.33 bits per heavy atom. The van der Waals surface area contributed by atoms with Gasteiger partial charge in [0.25, 0.3) is 0 Å². The van der Waals surface area contributed by atoms with Crippen LogP contribution in [0.4, 0.5) is 4.79 Å². The molecule has 130 valence electrons. The molecule has 0 spiro atoms. The minimum atomic E-state index is -0.818. The van der Waals surface area contributed by atoms with Crippen molar-refractivity contribution < 1.29 is 19.1 Å².